The summed E-state index contributed by atoms with van der Waals surface area (Å²) in [5, 5.41) is 3.34. The largest absolute Gasteiger partial charge is 0.481 e. The van der Waals surface area contributed by atoms with Crippen molar-refractivity contribution in [2.24, 2.45) is 0 Å². The highest BCUT2D eigenvalue weighted by Gasteiger charge is 2.26. The lowest BCUT2D eigenvalue weighted by Gasteiger charge is -2.33. The zero-order chi connectivity index (χ0) is 17.2. The molecule has 2 aromatic carbocycles. The first kappa shape index (κ1) is 15.9. The molecule has 5 nitrogen and oxygen atoms in total. The van der Waals surface area contributed by atoms with Gasteiger partial charge in [-0.2, -0.15) is 0 Å². The molecule has 0 saturated carbocycles. The first-order chi connectivity index (χ1) is 12.2. The molecule has 130 valence electrons. The zero-order valence-electron chi connectivity index (χ0n) is 13.9. The number of nitrogens with zero attached hydrogens (tertiary/aromatic N) is 2. The van der Waals surface area contributed by atoms with Crippen molar-refractivity contribution < 1.29 is 13.9 Å². The van der Waals surface area contributed by atoms with Crippen LogP contribution >= 0.6 is 0 Å². The second-order valence-corrected chi connectivity index (χ2v) is 6.28. The van der Waals surface area contributed by atoms with Gasteiger partial charge in [-0.25, -0.2) is 4.39 Å². The summed E-state index contributed by atoms with van der Waals surface area (Å²) in [5.41, 5.74) is 2.75. The number of benzene rings is 2. The number of rotatable bonds is 3. The third kappa shape index (κ3) is 3.30. The van der Waals surface area contributed by atoms with Crippen molar-refractivity contribution in [3.63, 3.8) is 0 Å². The lowest BCUT2D eigenvalue weighted by molar-refractivity contribution is -0.121. The van der Waals surface area contributed by atoms with E-state index >= 15 is 0 Å². The van der Waals surface area contributed by atoms with Crippen LogP contribution in [-0.2, 0) is 11.3 Å². The first-order valence-corrected chi connectivity index (χ1v) is 8.48. The summed E-state index contributed by atoms with van der Waals surface area (Å²) >= 11 is 0. The van der Waals surface area contributed by atoms with E-state index in [4.69, 9.17) is 4.74 Å². The summed E-state index contributed by atoms with van der Waals surface area (Å²) in [5.74, 6) is 0.350. The number of amides is 1. The molecule has 25 heavy (non-hydrogen) atoms. The van der Waals surface area contributed by atoms with Crippen molar-refractivity contribution >= 4 is 17.3 Å². The molecule has 1 fully saturated rings. The van der Waals surface area contributed by atoms with Crippen LogP contribution < -0.4 is 19.9 Å². The van der Waals surface area contributed by atoms with E-state index < -0.39 is 0 Å². The van der Waals surface area contributed by atoms with Gasteiger partial charge in [0.25, 0.3) is 5.91 Å². The molecule has 0 radical (unpaired) electrons. The van der Waals surface area contributed by atoms with Crippen LogP contribution in [0.3, 0.4) is 0 Å². The lowest BCUT2D eigenvalue weighted by Crippen LogP contribution is -2.43. The van der Waals surface area contributed by atoms with E-state index in [-0.39, 0.29) is 18.3 Å². The first-order valence-electron chi connectivity index (χ1n) is 8.48. The van der Waals surface area contributed by atoms with Gasteiger partial charge in [0, 0.05) is 37.9 Å². The predicted octanol–water partition coefficient (Wildman–Crippen LogP) is 2.16. The Kier molecular flexibility index (Phi) is 4.28. The molecule has 6 heteroatoms. The second-order valence-electron chi connectivity index (χ2n) is 6.28. The Hall–Kier alpha value is -2.60. The number of piperazine rings is 1. The third-order valence-corrected chi connectivity index (χ3v) is 4.62. The molecule has 4 rings (SSSR count). The van der Waals surface area contributed by atoms with E-state index in [1.165, 1.54) is 12.1 Å². The molecule has 0 aromatic heterocycles. The minimum absolute atomic E-state index is 0.0270. The van der Waals surface area contributed by atoms with Gasteiger partial charge in [0.15, 0.2) is 6.61 Å². The molecule has 1 amide bonds. The number of nitrogens with one attached hydrogen (secondary N) is 1. The summed E-state index contributed by atoms with van der Waals surface area (Å²) in [6.07, 6.45) is 0. The summed E-state index contributed by atoms with van der Waals surface area (Å²) < 4.78 is 18.8. The Morgan fingerprint density at radius 1 is 1.08 bits per heavy atom. The lowest BCUT2D eigenvalue weighted by atomic mass is 10.1. The highest BCUT2D eigenvalue weighted by Crippen LogP contribution is 2.36. The minimum atomic E-state index is -0.280. The van der Waals surface area contributed by atoms with Gasteiger partial charge in [0.05, 0.1) is 12.2 Å². The van der Waals surface area contributed by atoms with Crippen molar-refractivity contribution in [1.29, 1.82) is 0 Å². The maximum atomic E-state index is 13.1. The van der Waals surface area contributed by atoms with Crippen molar-refractivity contribution in [3.05, 3.63) is 53.8 Å². The van der Waals surface area contributed by atoms with Crippen LogP contribution in [0.15, 0.2) is 42.5 Å². The van der Waals surface area contributed by atoms with E-state index in [2.05, 4.69) is 10.2 Å². The average molecular weight is 341 g/mol. The minimum Gasteiger partial charge on any atom is -0.481 e. The second kappa shape index (κ2) is 6.72. The topological polar surface area (TPSA) is 44.8 Å². The average Bonchev–Trinajstić information content (AvgIpc) is 2.66. The van der Waals surface area contributed by atoms with Crippen molar-refractivity contribution in [1.82, 2.24) is 5.32 Å². The molecular formula is C19H20FN3O2. The fourth-order valence-electron chi connectivity index (χ4n) is 3.26. The van der Waals surface area contributed by atoms with Gasteiger partial charge >= 0.3 is 0 Å². The molecule has 0 spiro atoms. The number of hydrogen-bond acceptors (Lipinski definition) is 4. The van der Waals surface area contributed by atoms with Crippen LogP contribution in [0.25, 0.3) is 0 Å². The zero-order valence-corrected chi connectivity index (χ0v) is 13.9. The van der Waals surface area contributed by atoms with Gasteiger partial charge in [-0.1, -0.05) is 12.1 Å². The normalized spacial score (nSPS) is 17.2. The Morgan fingerprint density at radius 2 is 1.84 bits per heavy atom. The summed E-state index contributed by atoms with van der Waals surface area (Å²) in [6, 6.07) is 12.2. The Bertz CT molecular complexity index is 773. The SMILES string of the molecule is O=C1COc2cc(N3CCNCC3)ccc2N1Cc1ccc(F)cc1. The molecule has 0 atom stereocenters. The molecule has 2 aromatic rings. The molecule has 2 aliphatic rings. The van der Waals surface area contributed by atoms with Crippen LogP contribution in [0.2, 0.25) is 0 Å². The van der Waals surface area contributed by atoms with Gasteiger partial charge in [-0.3, -0.25) is 4.79 Å². The monoisotopic (exact) mass is 341 g/mol. The van der Waals surface area contributed by atoms with Gasteiger partial charge in [0.2, 0.25) is 0 Å². The van der Waals surface area contributed by atoms with Gasteiger partial charge < -0.3 is 19.9 Å². The molecule has 1 N–H and O–H groups in total. The number of ether oxygens (including phenoxy) is 1. The maximum absolute atomic E-state index is 13.1. The van der Waals surface area contributed by atoms with Crippen LogP contribution in [-0.4, -0.2) is 38.7 Å². The van der Waals surface area contributed by atoms with Crippen LogP contribution in [0.5, 0.6) is 5.75 Å². The number of halogens is 1. The highest BCUT2D eigenvalue weighted by molar-refractivity contribution is 5.98. The molecule has 2 aliphatic heterocycles. The van der Waals surface area contributed by atoms with E-state index in [0.717, 1.165) is 48.9 Å². The van der Waals surface area contributed by atoms with Crippen molar-refractivity contribution in [2.45, 2.75) is 6.54 Å². The van der Waals surface area contributed by atoms with E-state index in [1.807, 2.05) is 18.2 Å². The summed E-state index contributed by atoms with van der Waals surface area (Å²) in [6.45, 7) is 4.27. The summed E-state index contributed by atoms with van der Waals surface area (Å²) in [4.78, 5) is 16.3. The molecule has 0 unspecified atom stereocenters. The van der Waals surface area contributed by atoms with E-state index in [9.17, 15) is 9.18 Å². The summed E-state index contributed by atoms with van der Waals surface area (Å²) in [7, 11) is 0. The predicted molar refractivity (Wildman–Crippen MR) is 94.6 cm³/mol. The number of carbonyl (C=O) groups excluding carboxylic acids is 1. The fourth-order valence-corrected chi connectivity index (χ4v) is 3.26. The van der Waals surface area contributed by atoms with Gasteiger partial charge in [-0.05, 0) is 29.8 Å². The van der Waals surface area contributed by atoms with Crippen LogP contribution in [0.4, 0.5) is 15.8 Å². The van der Waals surface area contributed by atoms with E-state index in [0.29, 0.717) is 6.54 Å². The quantitative estimate of drug-likeness (QED) is 0.929. The van der Waals surface area contributed by atoms with Crippen molar-refractivity contribution in [2.75, 3.05) is 42.6 Å². The van der Waals surface area contributed by atoms with Gasteiger partial charge in [-0.15, -0.1) is 0 Å². The third-order valence-electron chi connectivity index (χ3n) is 4.62. The standard InChI is InChI=1S/C19H20FN3O2/c20-15-3-1-14(2-4-15)12-23-17-6-5-16(22-9-7-21-8-10-22)11-18(17)25-13-19(23)24/h1-6,11,21H,7-10,12-13H2. The number of fused-ring (bicyclic) bond motifs is 1. The van der Waals surface area contributed by atoms with Gasteiger partial charge in [0.1, 0.15) is 11.6 Å². The van der Waals surface area contributed by atoms with Crippen LogP contribution in [0, 0.1) is 5.82 Å². The smallest absolute Gasteiger partial charge is 0.265 e. The molecular weight excluding hydrogens is 321 g/mol. The Balaban J connectivity index is 1.60. The molecule has 0 bridgehead atoms. The number of carbonyl (C=O) groups is 1. The molecule has 0 aliphatic carbocycles. The Morgan fingerprint density at radius 3 is 2.60 bits per heavy atom. The fraction of sp³-hybridized carbons (Fsp3) is 0.316. The van der Waals surface area contributed by atoms with Crippen molar-refractivity contribution in [3.8, 4) is 5.75 Å². The molecule has 2 heterocycles. The maximum Gasteiger partial charge on any atom is 0.265 e. The molecule has 1 saturated heterocycles. The highest BCUT2D eigenvalue weighted by atomic mass is 19.1. The van der Waals surface area contributed by atoms with Crippen LogP contribution in [0.1, 0.15) is 5.56 Å². The van der Waals surface area contributed by atoms with E-state index in [1.54, 1.807) is 17.0 Å². The Labute approximate surface area is 146 Å². The number of anilines is 2. The number of hydrogen-bond donors (Lipinski definition) is 1.